The van der Waals surface area contributed by atoms with Crippen molar-refractivity contribution in [2.45, 2.75) is 0 Å². The normalized spacial score (nSPS) is 10.9. The highest BCUT2D eigenvalue weighted by molar-refractivity contribution is 5.96. The van der Waals surface area contributed by atoms with E-state index in [0.717, 1.165) is 22.2 Å². The van der Waals surface area contributed by atoms with Gasteiger partial charge in [-0.25, -0.2) is 0 Å². The van der Waals surface area contributed by atoms with E-state index >= 15 is 0 Å². The van der Waals surface area contributed by atoms with E-state index in [1.54, 1.807) is 16.8 Å². The minimum atomic E-state index is 0.231. The highest BCUT2D eigenvalue weighted by atomic mass is 16.3. The van der Waals surface area contributed by atoms with Crippen LogP contribution < -0.4 is 5.73 Å². The van der Waals surface area contributed by atoms with Gasteiger partial charge in [0, 0.05) is 23.7 Å². The van der Waals surface area contributed by atoms with E-state index < -0.39 is 0 Å². The molecular weight excluding hydrogens is 226 g/mol. The highest BCUT2D eigenvalue weighted by Crippen LogP contribution is 2.33. The number of aromatic nitrogens is 2. The van der Waals surface area contributed by atoms with Crippen LogP contribution in [0.1, 0.15) is 0 Å². The molecule has 0 amide bonds. The molecule has 0 unspecified atom stereocenters. The Morgan fingerprint density at radius 1 is 1.17 bits per heavy atom. The zero-order valence-electron chi connectivity index (χ0n) is 9.96. The molecule has 1 heterocycles. The lowest BCUT2D eigenvalue weighted by atomic mass is 10.1. The van der Waals surface area contributed by atoms with E-state index in [1.165, 1.54) is 0 Å². The monoisotopic (exact) mass is 239 g/mol. The van der Waals surface area contributed by atoms with E-state index in [0.29, 0.717) is 5.69 Å². The summed E-state index contributed by atoms with van der Waals surface area (Å²) in [6.07, 6.45) is 0. The molecule has 0 fully saturated rings. The lowest BCUT2D eigenvalue weighted by molar-refractivity contribution is 0.477. The average Bonchev–Trinajstić information content (AvgIpc) is 2.67. The summed E-state index contributed by atoms with van der Waals surface area (Å²) >= 11 is 0. The summed E-state index contributed by atoms with van der Waals surface area (Å²) in [6, 6.07) is 12.8. The van der Waals surface area contributed by atoms with Gasteiger partial charge < -0.3 is 10.8 Å². The second kappa shape index (κ2) is 3.77. The molecule has 4 heteroatoms. The molecule has 0 bridgehead atoms. The van der Waals surface area contributed by atoms with Crippen LogP contribution in [0.25, 0.3) is 22.2 Å². The van der Waals surface area contributed by atoms with Crippen LogP contribution in [0, 0.1) is 0 Å². The number of nitrogens with zero attached hydrogens (tertiary/aromatic N) is 2. The van der Waals surface area contributed by atoms with Crippen molar-refractivity contribution in [1.29, 1.82) is 0 Å². The van der Waals surface area contributed by atoms with E-state index in [4.69, 9.17) is 5.73 Å². The summed E-state index contributed by atoms with van der Waals surface area (Å²) in [7, 11) is 1.87. The Kier molecular flexibility index (Phi) is 2.23. The van der Waals surface area contributed by atoms with Crippen molar-refractivity contribution in [2.75, 3.05) is 5.73 Å². The van der Waals surface area contributed by atoms with Crippen molar-refractivity contribution in [3.05, 3.63) is 42.5 Å². The maximum absolute atomic E-state index is 9.91. The van der Waals surface area contributed by atoms with Gasteiger partial charge in [-0.3, -0.25) is 4.68 Å². The van der Waals surface area contributed by atoms with Gasteiger partial charge in [-0.1, -0.05) is 12.1 Å². The van der Waals surface area contributed by atoms with E-state index in [-0.39, 0.29) is 5.75 Å². The van der Waals surface area contributed by atoms with Crippen LogP contribution in [0.5, 0.6) is 5.75 Å². The van der Waals surface area contributed by atoms with Crippen molar-refractivity contribution in [2.24, 2.45) is 7.05 Å². The first-order valence-electron chi connectivity index (χ1n) is 5.67. The summed E-state index contributed by atoms with van der Waals surface area (Å²) in [6.45, 7) is 0. The molecule has 0 radical (unpaired) electrons. The molecule has 18 heavy (non-hydrogen) atoms. The summed E-state index contributed by atoms with van der Waals surface area (Å²) in [5.74, 6) is 0.231. The van der Waals surface area contributed by atoms with Gasteiger partial charge in [0.25, 0.3) is 0 Å². The van der Waals surface area contributed by atoms with Gasteiger partial charge in [-0.05, 0) is 30.3 Å². The first-order chi connectivity index (χ1) is 8.66. The number of fused-ring (bicyclic) bond motifs is 1. The third-order valence-electron chi connectivity index (χ3n) is 3.03. The fourth-order valence-corrected chi connectivity index (χ4v) is 2.15. The molecule has 2 aromatic carbocycles. The van der Waals surface area contributed by atoms with E-state index in [9.17, 15) is 5.11 Å². The zero-order valence-corrected chi connectivity index (χ0v) is 9.96. The number of nitrogens with two attached hydrogens (primary N) is 1. The number of benzene rings is 2. The second-order valence-corrected chi connectivity index (χ2v) is 4.27. The standard InChI is InChI=1S/C14H13N3O/c1-17-12-8-9(15)6-7-10(12)14(16-17)11-4-2-3-5-13(11)18/h2-8,18H,15H2,1H3. The lowest BCUT2D eigenvalue weighted by Crippen LogP contribution is -1.90. The van der Waals surface area contributed by atoms with Crippen LogP contribution in [0.15, 0.2) is 42.5 Å². The van der Waals surface area contributed by atoms with Crippen LogP contribution in [0.3, 0.4) is 0 Å². The highest BCUT2D eigenvalue weighted by Gasteiger charge is 2.13. The molecule has 0 aliphatic heterocycles. The number of nitrogen functional groups attached to an aromatic ring is 1. The number of rotatable bonds is 1. The fourth-order valence-electron chi connectivity index (χ4n) is 2.15. The number of aromatic hydroxyl groups is 1. The molecular formula is C14H13N3O. The molecule has 0 aliphatic rings. The van der Waals surface area contributed by atoms with Crippen molar-refractivity contribution >= 4 is 16.6 Å². The van der Waals surface area contributed by atoms with Crippen molar-refractivity contribution < 1.29 is 5.11 Å². The van der Waals surface area contributed by atoms with Crippen molar-refractivity contribution in [3.63, 3.8) is 0 Å². The Balaban J connectivity index is 2.34. The number of anilines is 1. The van der Waals surface area contributed by atoms with Gasteiger partial charge in [0.05, 0.1) is 5.52 Å². The van der Waals surface area contributed by atoms with Crippen LogP contribution >= 0.6 is 0 Å². The molecule has 0 atom stereocenters. The maximum atomic E-state index is 9.91. The van der Waals surface area contributed by atoms with Crippen molar-refractivity contribution in [3.8, 4) is 17.0 Å². The van der Waals surface area contributed by atoms with Crippen LogP contribution in [-0.2, 0) is 7.05 Å². The Morgan fingerprint density at radius 3 is 2.72 bits per heavy atom. The van der Waals surface area contributed by atoms with E-state index in [2.05, 4.69) is 5.10 Å². The number of phenolic OH excluding ortho intramolecular Hbond substituents is 1. The molecule has 1 aromatic heterocycles. The number of hydrogen-bond acceptors (Lipinski definition) is 3. The van der Waals surface area contributed by atoms with Crippen molar-refractivity contribution in [1.82, 2.24) is 9.78 Å². The summed E-state index contributed by atoms with van der Waals surface area (Å²) in [5, 5.41) is 15.4. The van der Waals surface area contributed by atoms with Gasteiger partial charge in [0.1, 0.15) is 11.4 Å². The zero-order chi connectivity index (χ0) is 12.7. The third kappa shape index (κ3) is 1.50. The minimum Gasteiger partial charge on any atom is -0.507 e. The van der Waals surface area contributed by atoms with Crippen LogP contribution in [0.4, 0.5) is 5.69 Å². The molecule has 0 aliphatic carbocycles. The van der Waals surface area contributed by atoms with Gasteiger partial charge in [-0.2, -0.15) is 5.10 Å². The Labute approximate surface area is 104 Å². The van der Waals surface area contributed by atoms with Gasteiger partial charge in [-0.15, -0.1) is 0 Å². The van der Waals surface area contributed by atoms with Crippen LogP contribution in [0.2, 0.25) is 0 Å². The SMILES string of the molecule is Cn1nc(-c2ccccc2O)c2ccc(N)cc21. The quantitative estimate of drug-likeness (QED) is 0.641. The summed E-state index contributed by atoms with van der Waals surface area (Å²) < 4.78 is 1.77. The summed E-state index contributed by atoms with van der Waals surface area (Å²) in [5.41, 5.74) is 8.93. The number of para-hydroxylation sites is 1. The predicted molar refractivity (Wildman–Crippen MR) is 72.2 cm³/mol. The van der Waals surface area contributed by atoms with Gasteiger partial charge >= 0.3 is 0 Å². The largest absolute Gasteiger partial charge is 0.507 e. The molecule has 0 saturated heterocycles. The van der Waals surface area contributed by atoms with Gasteiger partial charge in [0.2, 0.25) is 0 Å². The predicted octanol–water partition coefficient (Wildman–Crippen LogP) is 2.53. The fraction of sp³-hybridized carbons (Fsp3) is 0.0714. The molecule has 3 N–H and O–H groups in total. The molecule has 90 valence electrons. The molecule has 0 saturated carbocycles. The third-order valence-corrected chi connectivity index (χ3v) is 3.03. The molecule has 3 rings (SSSR count). The molecule has 4 nitrogen and oxygen atoms in total. The number of aryl methyl sites for hydroxylation is 1. The molecule has 0 spiro atoms. The first-order valence-corrected chi connectivity index (χ1v) is 5.67. The van der Waals surface area contributed by atoms with Crippen LogP contribution in [-0.4, -0.2) is 14.9 Å². The number of hydrogen-bond donors (Lipinski definition) is 2. The summed E-state index contributed by atoms with van der Waals surface area (Å²) in [4.78, 5) is 0. The Bertz CT molecular complexity index is 731. The maximum Gasteiger partial charge on any atom is 0.125 e. The Morgan fingerprint density at radius 2 is 1.94 bits per heavy atom. The first kappa shape index (κ1) is 10.7. The molecule has 3 aromatic rings. The smallest absolute Gasteiger partial charge is 0.125 e. The second-order valence-electron chi connectivity index (χ2n) is 4.27. The number of phenols is 1. The average molecular weight is 239 g/mol. The van der Waals surface area contributed by atoms with E-state index in [1.807, 2.05) is 37.4 Å². The Hall–Kier alpha value is -2.49. The topological polar surface area (TPSA) is 64.1 Å². The minimum absolute atomic E-state index is 0.231. The van der Waals surface area contributed by atoms with Gasteiger partial charge in [0.15, 0.2) is 0 Å². The lowest BCUT2D eigenvalue weighted by Gasteiger charge is -2.01.